The van der Waals surface area contributed by atoms with Gasteiger partial charge in [0.2, 0.25) is 0 Å². The maximum atomic E-state index is 5.51. The fourth-order valence-corrected chi connectivity index (χ4v) is 2.42. The van der Waals surface area contributed by atoms with E-state index in [4.69, 9.17) is 9.47 Å². The first-order valence-electron chi connectivity index (χ1n) is 6.95. The van der Waals surface area contributed by atoms with Crippen LogP contribution in [0.25, 0.3) is 0 Å². The van der Waals surface area contributed by atoms with Crippen molar-refractivity contribution in [2.24, 2.45) is 0 Å². The number of hydrogen-bond acceptors (Lipinski definition) is 4. The molecule has 1 unspecified atom stereocenters. The smallest absolute Gasteiger partial charge is 0.0668 e. The van der Waals surface area contributed by atoms with Crippen molar-refractivity contribution >= 4 is 5.69 Å². The van der Waals surface area contributed by atoms with E-state index in [-0.39, 0.29) is 0 Å². The summed E-state index contributed by atoms with van der Waals surface area (Å²) in [5.74, 6) is 0. The lowest BCUT2D eigenvalue weighted by atomic mass is 10.1. The van der Waals surface area contributed by atoms with Crippen LogP contribution in [0.3, 0.4) is 0 Å². The van der Waals surface area contributed by atoms with E-state index in [2.05, 4.69) is 41.4 Å². The highest BCUT2D eigenvalue weighted by Gasteiger charge is 2.20. The van der Waals surface area contributed by atoms with Gasteiger partial charge in [0.05, 0.1) is 19.8 Å². The maximum Gasteiger partial charge on any atom is 0.0668 e. The second-order valence-corrected chi connectivity index (χ2v) is 4.92. The van der Waals surface area contributed by atoms with Crippen LogP contribution < -0.4 is 10.2 Å². The van der Waals surface area contributed by atoms with Gasteiger partial charge >= 0.3 is 0 Å². The Labute approximate surface area is 115 Å². The van der Waals surface area contributed by atoms with Gasteiger partial charge in [0, 0.05) is 38.5 Å². The van der Waals surface area contributed by atoms with E-state index in [0.717, 1.165) is 39.5 Å². The number of nitrogens with zero attached hydrogens (tertiary/aromatic N) is 1. The number of para-hydroxylation sites is 1. The SMILES string of the molecule is COCCNCc1ccccc1N1CCOCC1C. The summed E-state index contributed by atoms with van der Waals surface area (Å²) < 4.78 is 10.6. The van der Waals surface area contributed by atoms with Gasteiger partial charge in [-0.2, -0.15) is 0 Å². The monoisotopic (exact) mass is 264 g/mol. The largest absolute Gasteiger partial charge is 0.383 e. The molecule has 1 aliphatic heterocycles. The Morgan fingerprint density at radius 3 is 3.05 bits per heavy atom. The fraction of sp³-hybridized carbons (Fsp3) is 0.600. The molecule has 106 valence electrons. The Balaban J connectivity index is 2.02. The van der Waals surface area contributed by atoms with E-state index < -0.39 is 0 Å². The molecule has 19 heavy (non-hydrogen) atoms. The van der Waals surface area contributed by atoms with Crippen LogP contribution in [0.15, 0.2) is 24.3 Å². The first-order valence-corrected chi connectivity index (χ1v) is 6.95. The Hall–Kier alpha value is -1.10. The molecule has 1 saturated heterocycles. The number of anilines is 1. The van der Waals surface area contributed by atoms with Gasteiger partial charge in [-0.05, 0) is 18.6 Å². The molecule has 1 aromatic rings. The number of nitrogens with one attached hydrogen (secondary N) is 1. The molecule has 1 atom stereocenters. The molecule has 0 bridgehead atoms. The van der Waals surface area contributed by atoms with E-state index in [1.807, 2.05) is 0 Å². The number of benzene rings is 1. The van der Waals surface area contributed by atoms with Crippen molar-refractivity contribution < 1.29 is 9.47 Å². The molecule has 4 heteroatoms. The lowest BCUT2D eigenvalue weighted by Gasteiger charge is -2.36. The van der Waals surface area contributed by atoms with E-state index in [1.165, 1.54) is 11.3 Å². The Kier molecular flexibility index (Phi) is 5.63. The molecule has 0 aromatic heterocycles. The van der Waals surface area contributed by atoms with Crippen LogP contribution in [0, 0.1) is 0 Å². The normalized spacial score (nSPS) is 19.7. The van der Waals surface area contributed by atoms with E-state index in [1.54, 1.807) is 7.11 Å². The molecule has 4 nitrogen and oxygen atoms in total. The number of methoxy groups -OCH3 is 1. The van der Waals surface area contributed by atoms with Crippen LogP contribution in [0.5, 0.6) is 0 Å². The second-order valence-electron chi connectivity index (χ2n) is 4.92. The zero-order chi connectivity index (χ0) is 13.5. The number of rotatable bonds is 6. The molecule has 0 radical (unpaired) electrons. The first-order chi connectivity index (χ1) is 9.33. The summed E-state index contributed by atoms with van der Waals surface area (Å²) in [4.78, 5) is 2.44. The highest BCUT2D eigenvalue weighted by molar-refractivity contribution is 5.54. The van der Waals surface area contributed by atoms with Crippen LogP contribution in [-0.2, 0) is 16.0 Å². The molecule has 1 N–H and O–H groups in total. The molecular weight excluding hydrogens is 240 g/mol. The Bertz CT molecular complexity index is 384. The predicted octanol–water partition coefficient (Wildman–Crippen LogP) is 1.65. The summed E-state index contributed by atoms with van der Waals surface area (Å²) >= 11 is 0. The Morgan fingerprint density at radius 2 is 2.26 bits per heavy atom. The molecule has 1 heterocycles. The predicted molar refractivity (Wildman–Crippen MR) is 77.7 cm³/mol. The number of morpholine rings is 1. The summed E-state index contributed by atoms with van der Waals surface area (Å²) in [6.45, 7) is 7.31. The van der Waals surface area contributed by atoms with Crippen molar-refractivity contribution in [1.82, 2.24) is 5.32 Å². The quantitative estimate of drug-likeness (QED) is 0.792. The average molecular weight is 264 g/mol. The highest BCUT2D eigenvalue weighted by Crippen LogP contribution is 2.24. The molecule has 0 amide bonds. The molecular formula is C15H24N2O2. The number of hydrogen-bond donors (Lipinski definition) is 1. The summed E-state index contributed by atoms with van der Waals surface area (Å²) in [7, 11) is 1.73. The summed E-state index contributed by atoms with van der Waals surface area (Å²) in [5, 5.41) is 3.41. The van der Waals surface area contributed by atoms with E-state index in [9.17, 15) is 0 Å². The third-order valence-corrected chi connectivity index (χ3v) is 3.47. The minimum Gasteiger partial charge on any atom is -0.383 e. The Morgan fingerprint density at radius 1 is 1.42 bits per heavy atom. The molecule has 1 fully saturated rings. The highest BCUT2D eigenvalue weighted by atomic mass is 16.5. The molecule has 1 aliphatic rings. The minimum absolute atomic E-state index is 0.439. The minimum atomic E-state index is 0.439. The van der Waals surface area contributed by atoms with Crippen molar-refractivity contribution in [3.8, 4) is 0 Å². The van der Waals surface area contributed by atoms with Gasteiger partial charge in [0.1, 0.15) is 0 Å². The summed E-state index contributed by atoms with van der Waals surface area (Å²) in [6.07, 6.45) is 0. The first kappa shape index (κ1) is 14.3. The van der Waals surface area contributed by atoms with Crippen molar-refractivity contribution in [3.63, 3.8) is 0 Å². The number of ether oxygens (including phenoxy) is 2. The summed E-state index contributed by atoms with van der Waals surface area (Å²) in [5.41, 5.74) is 2.66. The van der Waals surface area contributed by atoms with E-state index >= 15 is 0 Å². The maximum absolute atomic E-state index is 5.51. The van der Waals surface area contributed by atoms with Crippen molar-refractivity contribution in [2.75, 3.05) is 44.9 Å². The van der Waals surface area contributed by atoms with Gasteiger partial charge < -0.3 is 19.7 Å². The standard InChI is InChI=1S/C15H24N2O2/c1-13-12-19-10-8-17(13)15-6-4-3-5-14(15)11-16-7-9-18-2/h3-6,13,16H,7-12H2,1-2H3. The van der Waals surface area contributed by atoms with Crippen LogP contribution in [-0.4, -0.2) is 46.1 Å². The lowest BCUT2D eigenvalue weighted by molar-refractivity contribution is 0.0988. The van der Waals surface area contributed by atoms with Gasteiger partial charge in [-0.15, -0.1) is 0 Å². The molecule has 1 aromatic carbocycles. The van der Waals surface area contributed by atoms with Gasteiger partial charge in [0.15, 0.2) is 0 Å². The van der Waals surface area contributed by atoms with Crippen LogP contribution in [0.2, 0.25) is 0 Å². The zero-order valence-electron chi connectivity index (χ0n) is 11.9. The zero-order valence-corrected chi connectivity index (χ0v) is 11.9. The molecule has 2 rings (SSSR count). The third kappa shape index (κ3) is 3.93. The van der Waals surface area contributed by atoms with E-state index in [0.29, 0.717) is 6.04 Å². The van der Waals surface area contributed by atoms with Crippen molar-refractivity contribution in [2.45, 2.75) is 19.5 Å². The van der Waals surface area contributed by atoms with Crippen LogP contribution >= 0.6 is 0 Å². The summed E-state index contributed by atoms with van der Waals surface area (Å²) in [6, 6.07) is 9.04. The fourth-order valence-electron chi connectivity index (χ4n) is 2.42. The van der Waals surface area contributed by atoms with Gasteiger partial charge in [-0.3, -0.25) is 0 Å². The second kappa shape index (κ2) is 7.48. The van der Waals surface area contributed by atoms with Crippen molar-refractivity contribution in [1.29, 1.82) is 0 Å². The van der Waals surface area contributed by atoms with Crippen molar-refractivity contribution in [3.05, 3.63) is 29.8 Å². The lowest BCUT2D eigenvalue weighted by Crippen LogP contribution is -2.44. The topological polar surface area (TPSA) is 33.7 Å². The molecule has 0 saturated carbocycles. The van der Waals surface area contributed by atoms with Crippen LogP contribution in [0.4, 0.5) is 5.69 Å². The van der Waals surface area contributed by atoms with Gasteiger partial charge in [0.25, 0.3) is 0 Å². The third-order valence-electron chi connectivity index (χ3n) is 3.47. The van der Waals surface area contributed by atoms with Crippen LogP contribution in [0.1, 0.15) is 12.5 Å². The molecule has 0 aliphatic carbocycles. The van der Waals surface area contributed by atoms with Gasteiger partial charge in [-0.25, -0.2) is 0 Å². The van der Waals surface area contributed by atoms with Gasteiger partial charge in [-0.1, -0.05) is 18.2 Å². The average Bonchev–Trinajstić information content (AvgIpc) is 2.45. The molecule has 0 spiro atoms.